The Kier molecular flexibility index (Phi) is 6.87. The summed E-state index contributed by atoms with van der Waals surface area (Å²) in [6, 6.07) is 6.45. The number of benzene rings is 1. The molecule has 196 valence electrons. The summed E-state index contributed by atoms with van der Waals surface area (Å²) < 4.78 is 56.6. The highest BCUT2D eigenvalue weighted by Crippen LogP contribution is 2.34. The Balaban J connectivity index is 1.45. The highest BCUT2D eigenvalue weighted by Gasteiger charge is 2.32. The summed E-state index contributed by atoms with van der Waals surface area (Å²) in [5, 5.41) is 0. The normalized spacial score (nSPS) is 18.9. The number of piperidine rings is 1. The average Bonchev–Trinajstić information content (AvgIpc) is 2.88. The molecule has 2 fully saturated rings. The smallest absolute Gasteiger partial charge is 0.274 e. The monoisotopic (exact) mass is 515 g/mol. The van der Waals surface area contributed by atoms with Crippen LogP contribution >= 0.6 is 0 Å². The minimum absolute atomic E-state index is 0.0953. The fraction of sp³-hybridized carbons (Fsp3) is 0.462. The van der Waals surface area contributed by atoms with Gasteiger partial charge in [0.25, 0.3) is 5.92 Å². The van der Waals surface area contributed by atoms with E-state index in [0.717, 1.165) is 38.8 Å². The number of pyridine rings is 1. The van der Waals surface area contributed by atoms with E-state index in [9.17, 15) is 17.6 Å². The van der Waals surface area contributed by atoms with E-state index in [2.05, 4.69) is 26.8 Å². The second-order valence-electron chi connectivity index (χ2n) is 9.66. The van der Waals surface area contributed by atoms with Gasteiger partial charge < -0.3 is 14.7 Å². The molecule has 5 rings (SSSR count). The molecule has 0 aliphatic carbocycles. The number of aromatic nitrogens is 4. The molecule has 2 saturated heterocycles. The Labute approximate surface area is 213 Å². The zero-order valence-electron chi connectivity index (χ0n) is 20.8. The zero-order valence-corrected chi connectivity index (χ0v) is 20.8. The molecule has 4 heterocycles. The van der Waals surface area contributed by atoms with Crippen LogP contribution in [0.2, 0.25) is 0 Å². The number of halogens is 4. The Bertz CT molecular complexity index is 1260. The lowest BCUT2D eigenvalue weighted by Gasteiger charge is -2.37. The van der Waals surface area contributed by atoms with E-state index >= 15 is 0 Å². The van der Waals surface area contributed by atoms with Crippen LogP contribution in [0.3, 0.4) is 0 Å². The van der Waals surface area contributed by atoms with Gasteiger partial charge in [0, 0.05) is 58.0 Å². The Morgan fingerprint density at radius 1 is 0.892 bits per heavy atom. The average molecular weight is 516 g/mol. The second-order valence-corrected chi connectivity index (χ2v) is 9.66. The van der Waals surface area contributed by atoms with Crippen molar-refractivity contribution in [2.24, 2.45) is 0 Å². The van der Waals surface area contributed by atoms with Crippen molar-refractivity contribution in [1.29, 1.82) is 0 Å². The lowest BCUT2D eigenvalue weighted by molar-refractivity contribution is 0.0176. The molecule has 7 nitrogen and oxygen atoms in total. The molecule has 0 amide bonds. The zero-order chi connectivity index (χ0) is 26.2. The van der Waals surface area contributed by atoms with Crippen LogP contribution in [-0.2, 0) is 5.92 Å². The van der Waals surface area contributed by atoms with Crippen LogP contribution < -0.4 is 14.7 Å². The molecular formula is C26H29F4N7. The number of rotatable bonds is 5. The molecule has 0 spiro atoms. The summed E-state index contributed by atoms with van der Waals surface area (Å²) in [4.78, 5) is 24.0. The third-order valence-electron chi connectivity index (χ3n) is 6.97. The molecule has 0 saturated carbocycles. The number of hydrogen-bond acceptors (Lipinski definition) is 7. The van der Waals surface area contributed by atoms with Gasteiger partial charge in [0.05, 0.1) is 11.1 Å². The first kappa shape index (κ1) is 25.2. The van der Waals surface area contributed by atoms with Gasteiger partial charge in [-0.25, -0.2) is 22.5 Å². The first-order valence-electron chi connectivity index (χ1n) is 12.5. The van der Waals surface area contributed by atoms with Crippen LogP contribution in [0.4, 0.5) is 35.3 Å². The molecule has 2 aliphatic heterocycles. The summed E-state index contributed by atoms with van der Waals surface area (Å²) in [6.07, 6.45) is 4.62. The summed E-state index contributed by atoms with van der Waals surface area (Å²) >= 11 is 0. The molecule has 2 aliphatic rings. The minimum atomic E-state index is -3.01. The quantitative estimate of drug-likeness (QED) is 0.442. The second kappa shape index (κ2) is 10.1. The molecular weight excluding hydrogens is 486 g/mol. The molecule has 0 N–H and O–H groups in total. The van der Waals surface area contributed by atoms with Crippen LogP contribution in [0.5, 0.6) is 0 Å². The van der Waals surface area contributed by atoms with Gasteiger partial charge in [-0.3, -0.25) is 0 Å². The summed E-state index contributed by atoms with van der Waals surface area (Å²) in [6.45, 7) is 5.52. The van der Waals surface area contributed by atoms with Crippen LogP contribution in [-0.4, -0.2) is 58.7 Å². The van der Waals surface area contributed by atoms with E-state index in [-0.39, 0.29) is 28.8 Å². The first-order valence-corrected chi connectivity index (χ1v) is 12.5. The van der Waals surface area contributed by atoms with E-state index < -0.39 is 17.6 Å². The Morgan fingerprint density at radius 3 is 2.32 bits per heavy atom. The topological polar surface area (TPSA) is 61.3 Å². The van der Waals surface area contributed by atoms with E-state index in [0.29, 0.717) is 38.1 Å². The van der Waals surface area contributed by atoms with Crippen molar-refractivity contribution in [1.82, 2.24) is 19.9 Å². The molecule has 0 radical (unpaired) electrons. The molecule has 0 bridgehead atoms. The molecule has 11 heteroatoms. The summed E-state index contributed by atoms with van der Waals surface area (Å²) in [5.41, 5.74) is -0.0167. The third kappa shape index (κ3) is 5.30. The number of piperazine rings is 1. The lowest BCUT2D eigenvalue weighted by atomic mass is 10.0. The van der Waals surface area contributed by atoms with E-state index in [1.54, 1.807) is 0 Å². The predicted molar refractivity (Wildman–Crippen MR) is 134 cm³/mol. The third-order valence-corrected chi connectivity index (χ3v) is 6.97. The highest BCUT2D eigenvalue weighted by molar-refractivity contribution is 5.60. The maximum absolute atomic E-state index is 14.7. The first-order chi connectivity index (χ1) is 17.7. The van der Waals surface area contributed by atoms with Gasteiger partial charge in [-0.2, -0.15) is 15.0 Å². The molecule has 1 atom stereocenters. The molecule has 37 heavy (non-hydrogen) atoms. The van der Waals surface area contributed by atoms with E-state index in [4.69, 9.17) is 4.98 Å². The van der Waals surface area contributed by atoms with E-state index in [1.165, 1.54) is 30.5 Å². The van der Waals surface area contributed by atoms with Crippen molar-refractivity contribution in [2.75, 3.05) is 47.4 Å². The van der Waals surface area contributed by atoms with Gasteiger partial charge in [-0.05, 0) is 50.5 Å². The summed E-state index contributed by atoms with van der Waals surface area (Å²) in [5.74, 6) is -3.20. The van der Waals surface area contributed by atoms with Crippen molar-refractivity contribution < 1.29 is 17.6 Å². The van der Waals surface area contributed by atoms with Crippen LogP contribution in [0.25, 0.3) is 11.4 Å². The predicted octanol–water partition coefficient (Wildman–Crippen LogP) is 5.03. The van der Waals surface area contributed by atoms with Crippen LogP contribution in [0, 0.1) is 11.6 Å². The largest absolute Gasteiger partial charge is 0.353 e. The Morgan fingerprint density at radius 2 is 1.62 bits per heavy atom. The van der Waals surface area contributed by atoms with Gasteiger partial charge in [0.15, 0.2) is 5.82 Å². The van der Waals surface area contributed by atoms with E-state index in [1.807, 2.05) is 9.80 Å². The number of nitrogens with zero attached hydrogens (tertiary/aromatic N) is 7. The van der Waals surface area contributed by atoms with Crippen LogP contribution in [0.15, 0.2) is 36.5 Å². The maximum atomic E-state index is 14.7. The molecule has 1 unspecified atom stereocenters. The fourth-order valence-electron chi connectivity index (χ4n) is 4.92. The lowest BCUT2D eigenvalue weighted by Crippen LogP contribution is -2.48. The molecule has 1 aromatic carbocycles. The number of alkyl halides is 2. The summed E-state index contributed by atoms with van der Waals surface area (Å²) in [7, 11) is 0. The Hall–Kier alpha value is -3.50. The van der Waals surface area contributed by atoms with Crippen molar-refractivity contribution in [3.05, 3.63) is 53.7 Å². The fourth-order valence-corrected chi connectivity index (χ4v) is 4.92. The minimum Gasteiger partial charge on any atom is -0.353 e. The van der Waals surface area contributed by atoms with Gasteiger partial charge >= 0.3 is 0 Å². The van der Waals surface area contributed by atoms with Gasteiger partial charge in [0.1, 0.15) is 17.5 Å². The van der Waals surface area contributed by atoms with Crippen molar-refractivity contribution in [3.8, 4) is 11.4 Å². The standard InChI is InChI=1S/C26H29F4N7/c1-17-6-3-4-11-37(17)25-33-22(19-9-8-18(27)16-21(19)28)32-24(34-25)36-14-12-35(13-15-36)23-20(26(2,29)30)7-5-10-31-23/h5,7-10,16-17H,3-4,6,11-15H2,1-2H3. The number of hydrogen-bond donors (Lipinski definition) is 0. The van der Waals surface area contributed by atoms with Gasteiger partial charge in [-0.15, -0.1) is 0 Å². The van der Waals surface area contributed by atoms with Gasteiger partial charge in [0.2, 0.25) is 11.9 Å². The highest BCUT2D eigenvalue weighted by atomic mass is 19.3. The molecule has 2 aromatic heterocycles. The maximum Gasteiger partial charge on any atom is 0.274 e. The van der Waals surface area contributed by atoms with Crippen LogP contribution in [0.1, 0.15) is 38.7 Å². The SMILES string of the molecule is CC1CCCCN1c1nc(-c2ccc(F)cc2F)nc(N2CCN(c3ncccc3C(C)(F)F)CC2)n1. The van der Waals surface area contributed by atoms with Gasteiger partial charge in [-0.1, -0.05) is 0 Å². The molecule has 3 aromatic rings. The van der Waals surface area contributed by atoms with Crippen molar-refractivity contribution in [2.45, 2.75) is 45.1 Å². The van der Waals surface area contributed by atoms with Crippen molar-refractivity contribution in [3.63, 3.8) is 0 Å². The van der Waals surface area contributed by atoms with Crippen molar-refractivity contribution >= 4 is 17.7 Å². The number of anilines is 3.